The molecule has 21 heavy (non-hydrogen) atoms. The summed E-state index contributed by atoms with van der Waals surface area (Å²) < 4.78 is 29.6. The predicted molar refractivity (Wildman–Crippen MR) is 79.2 cm³/mol. The molecular weight excluding hydrogens is 272 g/mol. The lowest BCUT2D eigenvalue weighted by Gasteiger charge is -2.19. The van der Waals surface area contributed by atoms with Crippen molar-refractivity contribution in [3.05, 3.63) is 53.9 Å². The maximum atomic E-state index is 14.1. The highest BCUT2D eigenvalue weighted by Crippen LogP contribution is 2.29. The van der Waals surface area contributed by atoms with Gasteiger partial charge in [-0.2, -0.15) is 13.9 Å². The van der Waals surface area contributed by atoms with Gasteiger partial charge in [0.05, 0.1) is 6.20 Å². The molecule has 1 heterocycles. The Labute approximate surface area is 124 Å². The average Bonchev–Trinajstić information content (AvgIpc) is 2.84. The Balaban J connectivity index is 2.02. The van der Waals surface area contributed by atoms with Crippen molar-refractivity contribution in [3.63, 3.8) is 0 Å². The second kappa shape index (κ2) is 5.93. The minimum atomic E-state index is -2.93. The molecule has 1 N–H and O–H groups in total. The van der Waals surface area contributed by atoms with Gasteiger partial charge in [-0.25, -0.2) is 0 Å². The summed E-state index contributed by atoms with van der Waals surface area (Å²) in [4.78, 5) is 0. The molecule has 3 nitrogen and oxygen atoms in total. The van der Waals surface area contributed by atoms with Gasteiger partial charge in [0.25, 0.3) is 5.92 Å². The van der Waals surface area contributed by atoms with Crippen LogP contribution < -0.4 is 5.32 Å². The zero-order chi connectivity index (χ0) is 15.5. The Hall–Kier alpha value is -1.75. The van der Waals surface area contributed by atoms with E-state index in [9.17, 15) is 8.78 Å². The minimum Gasteiger partial charge on any atom is -0.308 e. The Kier molecular flexibility index (Phi) is 4.42. The molecule has 0 radical (unpaired) electrons. The highest BCUT2D eigenvalue weighted by Gasteiger charge is 2.32. The van der Waals surface area contributed by atoms with Gasteiger partial charge in [-0.15, -0.1) is 0 Å². The van der Waals surface area contributed by atoms with Gasteiger partial charge in [0.1, 0.15) is 6.54 Å². The summed E-state index contributed by atoms with van der Waals surface area (Å²) in [7, 11) is 0. The first-order chi connectivity index (χ1) is 9.76. The molecule has 0 atom stereocenters. The van der Waals surface area contributed by atoms with Crippen LogP contribution in [0.4, 0.5) is 8.78 Å². The van der Waals surface area contributed by atoms with Crippen LogP contribution in [-0.4, -0.2) is 15.3 Å². The largest absolute Gasteiger partial charge is 0.308 e. The molecule has 0 amide bonds. The van der Waals surface area contributed by atoms with E-state index in [1.54, 1.807) is 30.6 Å². The average molecular weight is 293 g/mol. The van der Waals surface area contributed by atoms with E-state index in [1.165, 1.54) is 16.8 Å². The summed E-state index contributed by atoms with van der Waals surface area (Å²) >= 11 is 0. The summed E-state index contributed by atoms with van der Waals surface area (Å²) in [6.45, 7) is 6.33. The zero-order valence-electron chi connectivity index (χ0n) is 12.6. The molecule has 0 aliphatic carbocycles. The summed E-state index contributed by atoms with van der Waals surface area (Å²) in [5.41, 5.74) is 0.888. The van der Waals surface area contributed by atoms with Crippen molar-refractivity contribution in [3.8, 4) is 0 Å². The van der Waals surface area contributed by atoms with Crippen LogP contribution in [0.15, 0.2) is 42.7 Å². The number of hydrogen-bond acceptors (Lipinski definition) is 2. The first-order valence-electron chi connectivity index (χ1n) is 6.96. The second-order valence-corrected chi connectivity index (χ2v) is 6.22. The van der Waals surface area contributed by atoms with Crippen molar-refractivity contribution in [2.45, 2.75) is 45.3 Å². The van der Waals surface area contributed by atoms with Gasteiger partial charge in [0, 0.05) is 29.4 Å². The highest BCUT2D eigenvalue weighted by atomic mass is 19.3. The van der Waals surface area contributed by atoms with Crippen molar-refractivity contribution < 1.29 is 8.78 Å². The molecule has 2 rings (SSSR count). The van der Waals surface area contributed by atoms with Gasteiger partial charge >= 0.3 is 0 Å². The highest BCUT2D eigenvalue weighted by molar-refractivity contribution is 5.20. The normalized spacial score (nSPS) is 12.6. The van der Waals surface area contributed by atoms with E-state index < -0.39 is 12.5 Å². The fourth-order valence-corrected chi connectivity index (χ4v) is 1.93. The van der Waals surface area contributed by atoms with Gasteiger partial charge < -0.3 is 5.32 Å². The lowest BCUT2D eigenvalue weighted by atomic mass is 10.1. The molecule has 5 heteroatoms. The number of hydrogen-bond donors (Lipinski definition) is 1. The molecule has 0 bridgehead atoms. The smallest absolute Gasteiger partial charge is 0.292 e. The molecule has 0 saturated carbocycles. The SMILES string of the molecule is CC(C)(C)NCc1cnn(CC(F)(F)c2ccccc2)c1. The van der Waals surface area contributed by atoms with Crippen molar-refractivity contribution in [2.24, 2.45) is 0 Å². The molecule has 0 saturated heterocycles. The van der Waals surface area contributed by atoms with E-state index in [2.05, 4.69) is 31.2 Å². The molecule has 0 aliphatic rings. The van der Waals surface area contributed by atoms with Gasteiger partial charge in [0.15, 0.2) is 0 Å². The number of alkyl halides is 2. The Bertz CT molecular complexity index is 571. The van der Waals surface area contributed by atoms with Crippen LogP contribution in [0, 0.1) is 0 Å². The van der Waals surface area contributed by atoms with Crippen LogP contribution in [0.5, 0.6) is 0 Å². The van der Waals surface area contributed by atoms with Crippen LogP contribution in [-0.2, 0) is 19.0 Å². The van der Waals surface area contributed by atoms with Gasteiger partial charge in [-0.3, -0.25) is 4.68 Å². The van der Waals surface area contributed by atoms with E-state index in [4.69, 9.17) is 0 Å². The second-order valence-electron chi connectivity index (χ2n) is 6.22. The number of aromatic nitrogens is 2. The van der Waals surface area contributed by atoms with Crippen molar-refractivity contribution >= 4 is 0 Å². The molecule has 0 unspecified atom stereocenters. The quantitative estimate of drug-likeness (QED) is 0.913. The van der Waals surface area contributed by atoms with Crippen LogP contribution >= 0.6 is 0 Å². The molecule has 1 aromatic heterocycles. The lowest BCUT2D eigenvalue weighted by Crippen LogP contribution is -2.34. The van der Waals surface area contributed by atoms with E-state index in [0.29, 0.717) is 6.54 Å². The topological polar surface area (TPSA) is 29.9 Å². The first-order valence-corrected chi connectivity index (χ1v) is 6.96. The molecule has 114 valence electrons. The number of rotatable bonds is 5. The predicted octanol–water partition coefficient (Wildman–Crippen LogP) is 3.56. The maximum Gasteiger partial charge on any atom is 0.292 e. The summed E-state index contributed by atoms with van der Waals surface area (Å²) in [6, 6.07) is 7.83. The fraction of sp³-hybridized carbons (Fsp3) is 0.438. The van der Waals surface area contributed by atoms with E-state index in [1.807, 2.05) is 0 Å². The van der Waals surface area contributed by atoms with Crippen LogP contribution in [0.3, 0.4) is 0 Å². The van der Waals surface area contributed by atoms with Crippen LogP contribution in [0.2, 0.25) is 0 Å². The number of halogens is 2. The first kappa shape index (κ1) is 15.6. The molecule has 2 aromatic rings. The molecule has 0 aliphatic heterocycles. The Morgan fingerprint density at radius 2 is 1.81 bits per heavy atom. The van der Waals surface area contributed by atoms with Crippen molar-refractivity contribution in [1.82, 2.24) is 15.1 Å². The fourth-order valence-electron chi connectivity index (χ4n) is 1.93. The van der Waals surface area contributed by atoms with E-state index in [-0.39, 0.29) is 11.1 Å². The monoisotopic (exact) mass is 293 g/mol. The minimum absolute atomic E-state index is 0.00914. The maximum absolute atomic E-state index is 14.1. The number of nitrogens with one attached hydrogen (secondary N) is 1. The summed E-state index contributed by atoms with van der Waals surface area (Å²) in [5.74, 6) is -2.93. The van der Waals surface area contributed by atoms with Gasteiger partial charge in [0.2, 0.25) is 0 Å². The molecule has 0 spiro atoms. The molecule has 0 fully saturated rings. The zero-order valence-corrected chi connectivity index (χ0v) is 12.6. The van der Waals surface area contributed by atoms with E-state index >= 15 is 0 Å². The molecular formula is C16H21F2N3. The number of benzene rings is 1. The summed E-state index contributed by atoms with van der Waals surface area (Å²) in [5, 5.41) is 7.33. The van der Waals surface area contributed by atoms with Crippen LogP contribution in [0.25, 0.3) is 0 Å². The van der Waals surface area contributed by atoms with Crippen molar-refractivity contribution in [1.29, 1.82) is 0 Å². The van der Waals surface area contributed by atoms with Crippen molar-refractivity contribution in [2.75, 3.05) is 0 Å². The van der Waals surface area contributed by atoms with Gasteiger partial charge in [-0.05, 0) is 20.8 Å². The third kappa shape index (κ3) is 4.63. The van der Waals surface area contributed by atoms with Gasteiger partial charge in [-0.1, -0.05) is 30.3 Å². The van der Waals surface area contributed by atoms with E-state index in [0.717, 1.165) is 5.56 Å². The Morgan fingerprint density at radius 3 is 2.43 bits per heavy atom. The lowest BCUT2D eigenvalue weighted by molar-refractivity contribution is -0.0254. The Morgan fingerprint density at radius 1 is 1.14 bits per heavy atom. The molecule has 1 aromatic carbocycles. The third-order valence-corrected chi connectivity index (χ3v) is 3.07. The van der Waals surface area contributed by atoms with Crippen LogP contribution in [0.1, 0.15) is 31.9 Å². The summed E-state index contributed by atoms with van der Waals surface area (Å²) in [6.07, 6.45) is 3.29. The standard InChI is InChI=1S/C16H21F2N3/c1-15(2,3)19-9-13-10-20-21(11-13)12-16(17,18)14-7-5-4-6-8-14/h4-8,10-11,19H,9,12H2,1-3H3. The third-order valence-electron chi connectivity index (χ3n) is 3.07. The number of nitrogens with zero attached hydrogens (tertiary/aromatic N) is 2.